The lowest BCUT2D eigenvalue weighted by Crippen LogP contribution is -1.89. The fourth-order valence-corrected chi connectivity index (χ4v) is 1.43. The third-order valence-electron chi connectivity index (χ3n) is 1.95. The molecule has 0 aliphatic rings. The van der Waals surface area contributed by atoms with Crippen LogP contribution in [0.15, 0.2) is 41.1 Å². The Morgan fingerprint density at radius 1 is 1.20 bits per heavy atom. The molecule has 0 N–H and O–H groups in total. The lowest BCUT2D eigenvalue weighted by atomic mass is 10.2. The fourth-order valence-electron chi connectivity index (χ4n) is 1.22. The molecule has 4 heteroatoms. The van der Waals surface area contributed by atoms with Crippen LogP contribution in [0.3, 0.4) is 0 Å². The number of aromatic nitrogens is 2. The predicted molar refractivity (Wildman–Crippen MR) is 61.7 cm³/mol. The summed E-state index contributed by atoms with van der Waals surface area (Å²) < 4.78 is 6.00. The first-order chi connectivity index (χ1) is 7.29. The maximum absolute atomic E-state index is 5.14. The second kappa shape index (κ2) is 4.40. The van der Waals surface area contributed by atoms with E-state index in [1.165, 1.54) is 0 Å². The van der Waals surface area contributed by atoms with Crippen molar-refractivity contribution in [1.29, 1.82) is 0 Å². The van der Waals surface area contributed by atoms with Gasteiger partial charge in [-0.25, -0.2) is 9.97 Å². The van der Waals surface area contributed by atoms with Gasteiger partial charge in [0.15, 0.2) is 5.82 Å². The zero-order chi connectivity index (χ0) is 10.7. The highest BCUT2D eigenvalue weighted by atomic mass is 79.9. The molecule has 0 bridgehead atoms. The Hall–Kier alpha value is -1.42. The van der Waals surface area contributed by atoms with E-state index in [1.54, 1.807) is 19.5 Å². The molecular formula is C11H9BrN2O. The Balaban J connectivity index is 2.40. The Morgan fingerprint density at radius 2 is 1.93 bits per heavy atom. The Kier molecular flexibility index (Phi) is 2.97. The summed E-state index contributed by atoms with van der Waals surface area (Å²) in [5.74, 6) is 1.50. The maximum Gasteiger partial charge on any atom is 0.159 e. The van der Waals surface area contributed by atoms with Crippen LogP contribution in [0.1, 0.15) is 0 Å². The van der Waals surface area contributed by atoms with E-state index in [1.807, 2.05) is 24.3 Å². The van der Waals surface area contributed by atoms with Crippen molar-refractivity contribution in [2.45, 2.75) is 0 Å². The van der Waals surface area contributed by atoms with Crippen molar-refractivity contribution < 1.29 is 4.74 Å². The van der Waals surface area contributed by atoms with Crippen LogP contribution in [-0.4, -0.2) is 17.1 Å². The van der Waals surface area contributed by atoms with E-state index in [-0.39, 0.29) is 0 Å². The number of nitrogens with zero attached hydrogens (tertiary/aromatic N) is 2. The molecule has 2 aromatic rings. The highest BCUT2D eigenvalue weighted by Crippen LogP contribution is 2.20. The topological polar surface area (TPSA) is 35.0 Å². The number of rotatable bonds is 2. The van der Waals surface area contributed by atoms with Gasteiger partial charge in [0.25, 0.3) is 0 Å². The lowest BCUT2D eigenvalue weighted by Gasteiger charge is -2.02. The van der Waals surface area contributed by atoms with Crippen molar-refractivity contribution in [3.8, 4) is 17.1 Å². The van der Waals surface area contributed by atoms with Crippen LogP contribution in [0.4, 0.5) is 0 Å². The Bertz CT molecular complexity index is 456. The number of halogens is 1. The van der Waals surface area contributed by atoms with E-state index < -0.39 is 0 Å². The van der Waals surface area contributed by atoms with E-state index in [4.69, 9.17) is 4.74 Å². The zero-order valence-electron chi connectivity index (χ0n) is 8.14. The van der Waals surface area contributed by atoms with Gasteiger partial charge in [-0.3, -0.25) is 0 Å². The van der Waals surface area contributed by atoms with Gasteiger partial charge < -0.3 is 4.74 Å². The minimum absolute atomic E-state index is 0.692. The summed E-state index contributed by atoms with van der Waals surface area (Å²) in [6.07, 6.45) is 3.45. The Labute approximate surface area is 96.3 Å². The molecule has 0 amide bonds. The summed E-state index contributed by atoms with van der Waals surface area (Å²) in [7, 11) is 1.64. The smallest absolute Gasteiger partial charge is 0.159 e. The summed E-state index contributed by atoms with van der Waals surface area (Å²) in [4.78, 5) is 8.42. The molecule has 76 valence electrons. The summed E-state index contributed by atoms with van der Waals surface area (Å²) in [6.45, 7) is 0. The van der Waals surface area contributed by atoms with Gasteiger partial charge in [0.2, 0.25) is 0 Å². The minimum atomic E-state index is 0.692. The van der Waals surface area contributed by atoms with Crippen LogP contribution in [0.2, 0.25) is 0 Å². The van der Waals surface area contributed by atoms with Gasteiger partial charge in [-0.15, -0.1) is 0 Å². The van der Waals surface area contributed by atoms with Crippen molar-refractivity contribution in [3.05, 3.63) is 41.1 Å². The number of ether oxygens (including phenoxy) is 1. The van der Waals surface area contributed by atoms with Crippen LogP contribution >= 0.6 is 15.9 Å². The first kappa shape index (κ1) is 10.1. The van der Waals surface area contributed by atoms with E-state index in [2.05, 4.69) is 25.9 Å². The van der Waals surface area contributed by atoms with Crippen molar-refractivity contribution in [2.75, 3.05) is 7.11 Å². The number of hydrogen-bond donors (Lipinski definition) is 0. The molecule has 2 rings (SSSR count). The number of benzene rings is 1. The molecule has 0 atom stereocenters. The summed E-state index contributed by atoms with van der Waals surface area (Å²) in [5.41, 5.74) is 0.946. The lowest BCUT2D eigenvalue weighted by molar-refractivity contribution is 0.415. The van der Waals surface area contributed by atoms with Crippen molar-refractivity contribution in [2.24, 2.45) is 0 Å². The molecule has 0 spiro atoms. The normalized spacial score (nSPS) is 10.0. The minimum Gasteiger partial charge on any atom is -0.497 e. The molecule has 0 aliphatic carbocycles. The van der Waals surface area contributed by atoms with Crippen LogP contribution in [0, 0.1) is 0 Å². The van der Waals surface area contributed by atoms with E-state index >= 15 is 0 Å². The molecule has 0 saturated heterocycles. The van der Waals surface area contributed by atoms with Crippen LogP contribution in [0.5, 0.6) is 5.75 Å². The van der Waals surface area contributed by atoms with Crippen LogP contribution in [-0.2, 0) is 0 Å². The number of methoxy groups -OCH3 is 1. The van der Waals surface area contributed by atoms with Gasteiger partial charge >= 0.3 is 0 Å². The average molecular weight is 265 g/mol. The van der Waals surface area contributed by atoms with Gasteiger partial charge in [-0.05, 0) is 28.1 Å². The standard InChI is InChI=1S/C11H9BrN2O/c1-15-10-4-2-3-8(5-10)11-13-6-9(12)7-14-11/h2-7H,1H3. The second-order valence-electron chi connectivity index (χ2n) is 2.96. The molecule has 0 saturated carbocycles. The quantitative estimate of drug-likeness (QED) is 0.837. The van der Waals surface area contributed by atoms with Gasteiger partial charge in [-0.2, -0.15) is 0 Å². The number of hydrogen-bond acceptors (Lipinski definition) is 3. The van der Waals surface area contributed by atoms with Gasteiger partial charge in [0.05, 0.1) is 11.6 Å². The molecule has 1 aromatic heterocycles. The van der Waals surface area contributed by atoms with E-state index in [0.29, 0.717) is 5.82 Å². The van der Waals surface area contributed by atoms with Crippen LogP contribution < -0.4 is 4.74 Å². The van der Waals surface area contributed by atoms with E-state index in [9.17, 15) is 0 Å². The average Bonchev–Trinajstić information content (AvgIpc) is 2.30. The summed E-state index contributed by atoms with van der Waals surface area (Å²) in [5, 5.41) is 0. The SMILES string of the molecule is COc1cccc(-c2ncc(Br)cn2)c1. The molecule has 0 fully saturated rings. The molecule has 15 heavy (non-hydrogen) atoms. The molecule has 1 heterocycles. The van der Waals surface area contributed by atoms with Crippen LogP contribution in [0.25, 0.3) is 11.4 Å². The van der Waals surface area contributed by atoms with Crippen molar-refractivity contribution in [3.63, 3.8) is 0 Å². The second-order valence-corrected chi connectivity index (χ2v) is 3.87. The maximum atomic E-state index is 5.14. The third kappa shape index (κ3) is 2.33. The first-order valence-corrected chi connectivity index (χ1v) is 5.21. The molecule has 1 aromatic carbocycles. The molecule has 3 nitrogen and oxygen atoms in total. The van der Waals surface area contributed by atoms with Gasteiger partial charge in [0.1, 0.15) is 5.75 Å². The summed E-state index contributed by atoms with van der Waals surface area (Å²) in [6, 6.07) is 7.66. The molecule has 0 aliphatic heterocycles. The third-order valence-corrected chi connectivity index (χ3v) is 2.36. The molecule has 0 radical (unpaired) electrons. The Morgan fingerprint density at radius 3 is 2.60 bits per heavy atom. The molecular weight excluding hydrogens is 256 g/mol. The molecule has 0 unspecified atom stereocenters. The fraction of sp³-hybridized carbons (Fsp3) is 0.0909. The summed E-state index contributed by atoms with van der Waals surface area (Å²) >= 11 is 3.30. The van der Waals surface area contributed by atoms with Crippen molar-refractivity contribution >= 4 is 15.9 Å². The zero-order valence-corrected chi connectivity index (χ0v) is 9.73. The van der Waals surface area contributed by atoms with Gasteiger partial charge in [-0.1, -0.05) is 12.1 Å². The highest BCUT2D eigenvalue weighted by molar-refractivity contribution is 9.10. The van der Waals surface area contributed by atoms with Gasteiger partial charge in [0, 0.05) is 18.0 Å². The highest BCUT2D eigenvalue weighted by Gasteiger charge is 2.01. The van der Waals surface area contributed by atoms with Crippen molar-refractivity contribution in [1.82, 2.24) is 9.97 Å². The predicted octanol–water partition coefficient (Wildman–Crippen LogP) is 2.91. The largest absolute Gasteiger partial charge is 0.497 e. The first-order valence-electron chi connectivity index (χ1n) is 4.41. The monoisotopic (exact) mass is 264 g/mol. The van der Waals surface area contributed by atoms with E-state index in [0.717, 1.165) is 15.8 Å².